The number of halogens is 3. The molecule has 21 heavy (non-hydrogen) atoms. The Kier molecular flexibility index (Phi) is 3.78. The summed E-state index contributed by atoms with van der Waals surface area (Å²) in [5, 5.41) is 2.65. The van der Waals surface area contributed by atoms with Crippen LogP contribution in [0.2, 0.25) is 0 Å². The summed E-state index contributed by atoms with van der Waals surface area (Å²) >= 11 is 0. The smallest absolute Gasteiger partial charge is 0.364 e. The van der Waals surface area contributed by atoms with Crippen LogP contribution in [0.5, 0.6) is 0 Å². The Labute approximate surface area is 115 Å². The standard InChI is InChI=1S/C11H10F3N5O2/c1-19-9(20)2-7(18-10(19)21)17-5-8-15-3-6(4-16-8)11(12,13)14/h2-4,17H,5H2,1H3,(H,18,21). The molecule has 112 valence electrons. The van der Waals surface area contributed by atoms with E-state index in [2.05, 4.69) is 20.3 Å². The molecule has 2 N–H and O–H groups in total. The summed E-state index contributed by atoms with van der Waals surface area (Å²) in [7, 11) is 1.31. The summed E-state index contributed by atoms with van der Waals surface area (Å²) in [6, 6.07) is 1.14. The van der Waals surface area contributed by atoms with Crippen LogP contribution in [0.1, 0.15) is 11.4 Å². The highest BCUT2D eigenvalue weighted by Crippen LogP contribution is 2.27. The number of aromatic nitrogens is 4. The van der Waals surface area contributed by atoms with E-state index in [1.54, 1.807) is 0 Å². The SMILES string of the molecule is Cn1c(=O)cc(NCc2ncc(C(F)(F)F)cn2)[nH]c1=O. The van der Waals surface area contributed by atoms with Crippen molar-refractivity contribution < 1.29 is 13.2 Å². The van der Waals surface area contributed by atoms with Crippen LogP contribution in [0.25, 0.3) is 0 Å². The predicted molar refractivity (Wildman–Crippen MR) is 66.7 cm³/mol. The van der Waals surface area contributed by atoms with Crippen LogP contribution >= 0.6 is 0 Å². The van der Waals surface area contributed by atoms with Gasteiger partial charge >= 0.3 is 11.9 Å². The third-order valence-corrected chi connectivity index (χ3v) is 2.61. The quantitative estimate of drug-likeness (QED) is 0.861. The second-order valence-corrected chi connectivity index (χ2v) is 4.12. The van der Waals surface area contributed by atoms with E-state index in [9.17, 15) is 22.8 Å². The van der Waals surface area contributed by atoms with Gasteiger partial charge in [0.15, 0.2) is 0 Å². The molecule has 2 rings (SSSR count). The van der Waals surface area contributed by atoms with Crippen molar-refractivity contribution in [3.05, 3.63) is 50.7 Å². The molecule has 7 nitrogen and oxygen atoms in total. The van der Waals surface area contributed by atoms with Crippen molar-refractivity contribution in [2.45, 2.75) is 12.7 Å². The van der Waals surface area contributed by atoms with Crippen molar-refractivity contribution in [2.75, 3.05) is 5.32 Å². The largest absolute Gasteiger partial charge is 0.419 e. The van der Waals surface area contributed by atoms with E-state index in [1.165, 1.54) is 7.05 Å². The summed E-state index contributed by atoms with van der Waals surface area (Å²) in [5.74, 6) is 0.219. The Bertz CT molecular complexity index is 717. The lowest BCUT2D eigenvalue weighted by Gasteiger charge is -2.07. The van der Waals surface area contributed by atoms with Gasteiger partial charge in [-0.15, -0.1) is 0 Å². The summed E-state index contributed by atoms with van der Waals surface area (Å²) in [5.41, 5.74) is -2.08. The van der Waals surface area contributed by atoms with Gasteiger partial charge in [0.05, 0.1) is 12.1 Å². The maximum absolute atomic E-state index is 12.3. The molecule has 10 heteroatoms. The van der Waals surface area contributed by atoms with Gasteiger partial charge in [-0.3, -0.25) is 14.3 Å². The topological polar surface area (TPSA) is 92.7 Å². The second kappa shape index (κ2) is 5.38. The highest BCUT2D eigenvalue weighted by atomic mass is 19.4. The van der Waals surface area contributed by atoms with E-state index in [4.69, 9.17) is 0 Å². The molecule has 0 aliphatic carbocycles. The van der Waals surface area contributed by atoms with E-state index in [1.807, 2.05) is 0 Å². The first-order chi connectivity index (χ1) is 9.77. The van der Waals surface area contributed by atoms with Gasteiger partial charge in [0.25, 0.3) is 5.56 Å². The first-order valence-corrected chi connectivity index (χ1v) is 5.70. The van der Waals surface area contributed by atoms with Crippen molar-refractivity contribution in [3.8, 4) is 0 Å². The minimum Gasteiger partial charge on any atom is -0.364 e. The Morgan fingerprint density at radius 3 is 2.43 bits per heavy atom. The fourth-order valence-electron chi connectivity index (χ4n) is 1.42. The third-order valence-electron chi connectivity index (χ3n) is 2.61. The van der Waals surface area contributed by atoms with E-state index in [0.29, 0.717) is 12.4 Å². The first-order valence-electron chi connectivity index (χ1n) is 5.70. The Hall–Kier alpha value is -2.65. The molecule has 2 heterocycles. The van der Waals surface area contributed by atoms with Gasteiger partial charge < -0.3 is 5.32 Å². The number of hydrogen-bond donors (Lipinski definition) is 2. The minimum absolute atomic E-state index is 0.0404. The van der Waals surface area contributed by atoms with Gasteiger partial charge in [-0.1, -0.05) is 0 Å². The lowest BCUT2D eigenvalue weighted by atomic mass is 10.3. The van der Waals surface area contributed by atoms with E-state index in [0.717, 1.165) is 10.6 Å². The predicted octanol–water partition coefficient (Wildman–Crippen LogP) is 0.494. The van der Waals surface area contributed by atoms with Crippen LogP contribution in [-0.2, 0) is 19.8 Å². The summed E-state index contributed by atoms with van der Waals surface area (Å²) in [6.45, 7) is -0.0404. The van der Waals surface area contributed by atoms with Gasteiger partial charge in [0.2, 0.25) is 0 Å². The average Bonchev–Trinajstić information content (AvgIpc) is 2.42. The molecule has 0 amide bonds. The lowest BCUT2D eigenvalue weighted by Crippen LogP contribution is -2.32. The van der Waals surface area contributed by atoms with Crippen molar-refractivity contribution >= 4 is 5.82 Å². The third kappa shape index (κ3) is 3.46. The highest BCUT2D eigenvalue weighted by molar-refractivity contribution is 5.32. The van der Waals surface area contributed by atoms with Crippen LogP contribution < -0.4 is 16.6 Å². The maximum atomic E-state index is 12.3. The first kappa shape index (κ1) is 14.8. The maximum Gasteiger partial charge on any atom is 0.419 e. The number of alkyl halides is 3. The molecule has 0 aliphatic heterocycles. The van der Waals surface area contributed by atoms with Crippen LogP contribution in [-0.4, -0.2) is 19.5 Å². The molecular weight excluding hydrogens is 291 g/mol. The van der Waals surface area contributed by atoms with Gasteiger partial charge in [0, 0.05) is 25.5 Å². The van der Waals surface area contributed by atoms with E-state index >= 15 is 0 Å². The minimum atomic E-state index is -4.50. The monoisotopic (exact) mass is 301 g/mol. The van der Waals surface area contributed by atoms with Crippen molar-refractivity contribution in [1.29, 1.82) is 0 Å². The van der Waals surface area contributed by atoms with Crippen LogP contribution in [0.3, 0.4) is 0 Å². The molecule has 0 spiro atoms. The number of H-pyrrole nitrogens is 1. The number of anilines is 1. The number of rotatable bonds is 3. The lowest BCUT2D eigenvalue weighted by molar-refractivity contribution is -0.138. The van der Waals surface area contributed by atoms with Crippen LogP contribution in [0.4, 0.5) is 19.0 Å². The summed E-state index contributed by atoms with van der Waals surface area (Å²) < 4.78 is 37.8. The molecule has 0 aliphatic rings. The normalized spacial score (nSPS) is 11.4. The fraction of sp³-hybridized carbons (Fsp3) is 0.273. The summed E-state index contributed by atoms with van der Waals surface area (Å²) in [6.07, 6.45) is -3.17. The molecular formula is C11H10F3N5O2. The molecule has 0 unspecified atom stereocenters. The molecule has 0 bridgehead atoms. The van der Waals surface area contributed by atoms with Gasteiger partial charge in [-0.05, 0) is 0 Å². The van der Waals surface area contributed by atoms with E-state index < -0.39 is 23.0 Å². The van der Waals surface area contributed by atoms with Gasteiger partial charge in [0.1, 0.15) is 11.6 Å². The zero-order valence-corrected chi connectivity index (χ0v) is 10.7. The van der Waals surface area contributed by atoms with E-state index in [-0.39, 0.29) is 18.2 Å². The zero-order valence-electron chi connectivity index (χ0n) is 10.7. The number of nitrogens with zero attached hydrogens (tertiary/aromatic N) is 3. The van der Waals surface area contributed by atoms with Gasteiger partial charge in [-0.2, -0.15) is 13.2 Å². The molecule has 0 radical (unpaired) electrons. The van der Waals surface area contributed by atoms with Crippen LogP contribution in [0, 0.1) is 0 Å². The molecule has 0 atom stereocenters. The summed E-state index contributed by atoms with van der Waals surface area (Å²) in [4.78, 5) is 32.2. The molecule has 0 fully saturated rings. The number of nitrogens with one attached hydrogen (secondary N) is 2. The van der Waals surface area contributed by atoms with Crippen LogP contribution in [0.15, 0.2) is 28.0 Å². The fourth-order valence-corrected chi connectivity index (χ4v) is 1.42. The van der Waals surface area contributed by atoms with Crippen molar-refractivity contribution in [2.24, 2.45) is 7.05 Å². The van der Waals surface area contributed by atoms with Crippen molar-refractivity contribution in [1.82, 2.24) is 19.5 Å². The highest BCUT2D eigenvalue weighted by Gasteiger charge is 2.31. The Balaban J connectivity index is 2.10. The van der Waals surface area contributed by atoms with Gasteiger partial charge in [-0.25, -0.2) is 14.8 Å². The van der Waals surface area contributed by atoms with Crippen molar-refractivity contribution in [3.63, 3.8) is 0 Å². The number of aromatic amines is 1. The number of hydrogen-bond acceptors (Lipinski definition) is 5. The molecule has 0 saturated heterocycles. The zero-order chi connectivity index (χ0) is 15.6. The molecule has 0 aromatic carbocycles. The Morgan fingerprint density at radius 2 is 1.90 bits per heavy atom. The molecule has 2 aromatic rings. The Morgan fingerprint density at radius 1 is 1.29 bits per heavy atom. The molecule has 2 aromatic heterocycles. The molecule has 0 saturated carbocycles. The average molecular weight is 301 g/mol. The second-order valence-electron chi connectivity index (χ2n) is 4.12.